The van der Waals surface area contributed by atoms with Crippen LogP contribution in [0.3, 0.4) is 0 Å². The molecule has 5 heteroatoms. The summed E-state index contributed by atoms with van der Waals surface area (Å²) in [7, 11) is 0. The van der Waals surface area contributed by atoms with Crippen LogP contribution in [0.25, 0.3) is 0 Å². The van der Waals surface area contributed by atoms with Crippen LogP contribution in [0.15, 0.2) is 85.1 Å². The van der Waals surface area contributed by atoms with Crippen molar-refractivity contribution < 1.29 is 20.1 Å². The Morgan fingerprint density at radius 3 is 1.60 bits per heavy atom. The second-order valence-electron chi connectivity index (χ2n) is 12.5. The van der Waals surface area contributed by atoms with Gasteiger partial charge in [0, 0.05) is 6.42 Å². The average molecular weight is 654 g/mol. The summed E-state index contributed by atoms with van der Waals surface area (Å²) in [6.45, 7) is 4.06. The van der Waals surface area contributed by atoms with Crippen LogP contribution in [0.2, 0.25) is 0 Å². The van der Waals surface area contributed by atoms with Gasteiger partial charge in [0.1, 0.15) is 0 Å². The van der Waals surface area contributed by atoms with Gasteiger partial charge in [-0.05, 0) is 51.4 Å². The predicted octanol–water partition coefficient (Wildman–Crippen LogP) is 10.3. The first kappa shape index (κ1) is 44.5. The van der Waals surface area contributed by atoms with Crippen LogP contribution in [0.4, 0.5) is 0 Å². The smallest absolute Gasteiger partial charge is 0.220 e. The summed E-state index contributed by atoms with van der Waals surface area (Å²) in [4.78, 5) is 12.3. The van der Waals surface area contributed by atoms with Crippen molar-refractivity contribution in [2.75, 3.05) is 6.61 Å². The van der Waals surface area contributed by atoms with E-state index in [2.05, 4.69) is 67.8 Å². The van der Waals surface area contributed by atoms with Crippen molar-refractivity contribution in [3.8, 4) is 0 Å². The van der Waals surface area contributed by atoms with E-state index in [4.69, 9.17) is 0 Å². The van der Waals surface area contributed by atoms with Gasteiger partial charge in [-0.3, -0.25) is 4.79 Å². The molecular weight excluding hydrogens is 582 g/mol. The molecule has 0 saturated heterocycles. The van der Waals surface area contributed by atoms with Crippen molar-refractivity contribution in [3.05, 3.63) is 85.1 Å². The Kier molecular flexibility index (Phi) is 34.5. The number of aliphatic hydroxyl groups is 3. The minimum Gasteiger partial charge on any atom is -0.394 e. The van der Waals surface area contributed by atoms with Gasteiger partial charge in [-0.25, -0.2) is 0 Å². The Hall–Kier alpha value is -2.47. The highest BCUT2D eigenvalue weighted by atomic mass is 16.3. The predicted molar refractivity (Wildman–Crippen MR) is 203 cm³/mol. The molecule has 5 nitrogen and oxygen atoms in total. The average Bonchev–Trinajstić information content (AvgIpc) is 3.07. The molecule has 0 bridgehead atoms. The molecule has 0 rings (SSSR count). The number of unbranched alkanes of at least 4 members (excludes halogenated alkanes) is 13. The van der Waals surface area contributed by atoms with E-state index in [1.807, 2.05) is 18.2 Å². The maximum absolute atomic E-state index is 12.3. The monoisotopic (exact) mass is 654 g/mol. The molecular formula is C42H71NO4. The van der Waals surface area contributed by atoms with E-state index in [0.717, 1.165) is 44.9 Å². The standard InChI is InChI=1S/C42H71NO4/c1-3-5-7-9-11-13-15-17-19-21-22-24-26-28-30-32-34-39(45)36-37-42(47)43-40(38-44)41(46)35-33-31-29-27-25-23-20-18-16-14-12-10-8-6-4-2/h5,7,11,13,17,19,22,24,28,30,32-35,39-41,44-46H,3-4,6,8-10,12,14-16,18,20-21,23,25-27,29,31,36-38H2,1-2H3,(H,43,47)/b7-5-,13-11-,19-17-,24-22-,30-28-,34-32-,35-33+/t39?,40-,41+/m0/s1. The molecule has 0 heterocycles. The van der Waals surface area contributed by atoms with Crippen LogP contribution in [-0.2, 0) is 4.79 Å². The molecule has 0 aliphatic carbocycles. The highest BCUT2D eigenvalue weighted by molar-refractivity contribution is 5.76. The molecule has 4 N–H and O–H groups in total. The van der Waals surface area contributed by atoms with Crippen LogP contribution >= 0.6 is 0 Å². The van der Waals surface area contributed by atoms with Crippen LogP contribution in [-0.4, -0.2) is 46.1 Å². The molecule has 0 radical (unpaired) electrons. The zero-order valence-corrected chi connectivity index (χ0v) is 30.1. The maximum Gasteiger partial charge on any atom is 0.220 e. The van der Waals surface area contributed by atoms with Crippen molar-refractivity contribution in [2.45, 2.75) is 167 Å². The highest BCUT2D eigenvalue weighted by Gasteiger charge is 2.18. The summed E-state index contributed by atoms with van der Waals surface area (Å²) < 4.78 is 0. The molecule has 1 unspecified atom stereocenters. The normalized spacial score (nSPS) is 14.7. The zero-order valence-electron chi connectivity index (χ0n) is 30.1. The van der Waals surface area contributed by atoms with Crippen LogP contribution in [0, 0.1) is 0 Å². The summed E-state index contributed by atoms with van der Waals surface area (Å²) in [6.07, 6.45) is 49.9. The van der Waals surface area contributed by atoms with Crippen LogP contribution in [0.1, 0.15) is 149 Å². The Balaban J connectivity index is 3.93. The summed E-state index contributed by atoms with van der Waals surface area (Å²) in [5.74, 6) is -0.296. The summed E-state index contributed by atoms with van der Waals surface area (Å²) >= 11 is 0. The quantitative estimate of drug-likeness (QED) is 0.0330. The van der Waals surface area contributed by atoms with Gasteiger partial charge in [0.2, 0.25) is 5.91 Å². The first-order valence-electron chi connectivity index (χ1n) is 18.9. The van der Waals surface area contributed by atoms with E-state index in [-0.39, 0.29) is 25.4 Å². The van der Waals surface area contributed by atoms with Crippen molar-refractivity contribution in [2.24, 2.45) is 0 Å². The van der Waals surface area contributed by atoms with Gasteiger partial charge in [-0.1, -0.05) is 176 Å². The lowest BCUT2D eigenvalue weighted by Gasteiger charge is -2.20. The maximum atomic E-state index is 12.3. The van der Waals surface area contributed by atoms with E-state index in [0.29, 0.717) is 0 Å². The minimum absolute atomic E-state index is 0.114. The number of nitrogens with one attached hydrogen (secondary N) is 1. The number of aliphatic hydroxyl groups excluding tert-OH is 3. The zero-order chi connectivity index (χ0) is 34.5. The Bertz CT molecular complexity index is 898. The lowest BCUT2D eigenvalue weighted by Crippen LogP contribution is -2.45. The van der Waals surface area contributed by atoms with Gasteiger partial charge in [-0.15, -0.1) is 0 Å². The summed E-state index contributed by atoms with van der Waals surface area (Å²) in [5.41, 5.74) is 0. The third-order valence-electron chi connectivity index (χ3n) is 8.00. The van der Waals surface area contributed by atoms with E-state index in [1.165, 1.54) is 77.0 Å². The lowest BCUT2D eigenvalue weighted by atomic mass is 10.0. The number of allylic oxidation sites excluding steroid dienone is 12. The second kappa shape index (κ2) is 36.4. The number of hydrogen-bond donors (Lipinski definition) is 4. The number of carbonyl (C=O) groups excluding carboxylic acids is 1. The molecule has 0 aliphatic rings. The number of hydrogen-bond acceptors (Lipinski definition) is 4. The second-order valence-corrected chi connectivity index (χ2v) is 12.5. The van der Waals surface area contributed by atoms with Gasteiger partial charge < -0.3 is 20.6 Å². The Morgan fingerprint density at radius 2 is 1.09 bits per heavy atom. The Labute approximate surface area is 289 Å². The minimum atomic E-state index is -0.939. The molecule has 0 fully saturated rings. The fourth-order valence-corrected chi connectivity index (χ4v) is 5.05. The van der Waals surface area contributed by atoms with Gasteiger partial charge in [0.15, 0.2) is 0 Å². The third kappa shape index (κ3) is 33.2. The van der Waals surface area contributed by atoms with Crippen LogP contribution < -0.4 is 5.32 Å². The molecule has 0 aliphatic heterocycles. The number of carbonyl (C=O) groups is 1. The van der Waals surface area contributed by atoms with Crippen LogP contribution in [0.5, 0.6) is 0 Å². The summed E-state index contributed by atoms with van der Waals surface area (Å²) in [6, 6.07) is -0.751. The van der Waals surface area contributed by atoms with E-state index in [1.54, 1.807) is 18.2 Å². The largest absolute Gasteiger partial charge is 0.394 e. The molecule has 47 heavy (non-hydrogen) atoms. The summed E-state index contributed by atoms with van der Waals surface area (Å²) in [5, 5.41) is 32.9. The van der Waals surface area contributed by atoms with E-state index >= 15 is 0 Å². The molecule has 0 saturated carbocycles. The molecule has 0 aromatic carbocycles. The van der Waals surface area contributed by atoms with Gasteiger partial charge in [-0.2, -0.15) is 0 Å². The number of amides is 1. The molecule has 3 atom stereocenters. The van der Waals surface area contributed by atoms with Gasteiger partial charge in [0.05, 0.1) is 24.9 Å². The highest BCUT2D eigenvalue weighted by Crippen LogP contribution is 2.13. The molecule has 268 valence electrons. The Morgan fingerprint density at radius 1 is 0.596 bits per heavy atom. The fourth-order valence-electron chi connectivity index (χ4n) is 5.05. The van der Waals surface area contributed by atoms with Gasteiger partial charge >= 0.3 is 0 Å². The topological polar surface area (TPSA) is 89.8 Å². The molecule has 0 spiro atoms. The van der Waals surface area contributed by atoms with Crippen molar-refractivity contribution >= 4 is 5.91 Å². The van der Waals surface area contributed by atoms with Gasteiger partial charge in [0.25, 0.3) is 0 Å². The molecule has 0 aromatic heterocycles. The van der Waals surface area contributed by atoms with E-state index < -0.39 is 18.2 Å². The lowest BCUT2D eigenvalue weighted by molar-refractivity contribution is -0.123. The number of rotatable bonds is 32. The SMILES string of the molecule is CC/C=C\C/C=C\C/C=C\C/C=C\C/C=C\C=C/C(O)CCC(=O)N[C@@H](CO)[C@H](O)/C=C/CCCCCCCCCCCCCCC. The van der Waals surface area contributed by atoms with Crippen molar-refractivity contribution in [1.29, 1.82) is 0 Å². The fraction of sp³-hybridized carbons (Fsp3) is 0.643. The first-order chi connectivity index (χ1) is 23.0. The van der Waals surface area contributed by atoms with Crippen molar-refractivity contribution in [3.63, 3.8) is 0 Å². The van der Waals surface area contributed by atoms with Crippen molar-refractivity contribution in [1.82, 2.24) is 5.32 Å². The molecule has 1 amide bonds. The molecule has 0 aromatic rings. The first-order valence-corrected chi connectivity index (χ1v) is 18.9. The van der Waals surface area contributed by atoms with E-state index in [9.17, 15) is 20.1 Å². The third-order valence-corrected chi connectivity index (χ3v) is 8.00.